The lowest BCUT2D eigenvalue weighted by Gasteiger charge is -2.40. The fourth-order valence-corrected chi connectivity index (χ4v) is 4.62. The first-order chi connectivity index (χ1) is 8.41. The SMILES string of the molecule is CS(=O)(=O)C1CCCC1N1CCNCC1C(N)=O. The minimum absolute atomic E-state index is 0.0559. The molecule has 2 rings (SSSR count). The number of carbonyl (C=O) groups is 1. The van der Waals surface area contributed by atoms with Crippen molar-refractivity contribution in [2.45, 2.75) is 36.6 Å². The summed E-state index contributed by atoms with van der Waals surface area (Å²) in [7, 11) is -3.06. The molecule has 3 atom stereocenters. The fourth-order valence-electron chi connectivity index (χ4n) is 3.17. The third kappa shape index (κ3) is 2.67. The van der Waals surface area contributed by atoms with E-state index in [-0.39, 0.29) is 23.2 Å². The molecule has 1 aliphatic heterocycles. The minimum atomic E-state index is -3.06. The lowest BCUT2D eigenvalue weighted by molar-refractivity contribution is -0.124. The molecule has 0 aromatic carbocycles. The Morgan fingerprint density at radius 2 is 2.11 bits per heavy atom. The molecule has 104 valence electrons. The van der Waals surface area contributed by atoms with Crippen LogP contribution in [0.4, 0.5) is 0 Å². The molecule has 2 fully saturated rings. The van der Waals surface area contributed by atoms with Gasteiger partial charge in [-0.25, -0.2) is 8.42 Å². The number of rotatable bonds is 3. The Morgan fingerprint density at radius 3 is 2.72 bits per heavy atom. The molecule has 1 amide bonds. The summed E-state index contributed by atoms with van der Waals surface area (Å²) in [6.07, 6.45) is 3.72. The van der Waals surface area contributed by atoms with E-state index in [1.54, 1.807) is 0 Å². The zero-order valence-electron chi connectivity index (χ0n) is 10.6. The number of piperazine rings is 1. The van der Waals surface area contributed by atoms with E-state index in [2.05, 4.69) is 5.32 Å². The van der Waals surface area contributed by atoms with E-state index >= 15 is 0 Å². The summed E-state index contributed by atoms with van der Waals surface area (Å²) in [5, 5.41) is 2.78. The van der Waals surface area contributed by atoms with Crippen LogP contribution in [0, 0.1) is 0 Å². The molecule has 1 saturated carbocycles. The van der Waals surface area contributed by atoms with Gasteiger partial charge in [-0.3, -0.25) is 9.69 Å². The molecule has 3 unspecified atom stereocenters. The first-order valence-corrected chi connectivity index (χ1v) is 8.31. The highest BCUT2D eigenvalue weighted by atomic mass is 32.2. The lowest BCUT2D eigenvalue weighted by atomic mass is 10.1. The normalized spacial score (nSPS) is 34.6. The monoisotopic (exact) mass is 275 g/mol. The molecule has 1 heterocycles. The maximum absolute atomic E-state index is 11.8. The quantitative estimate of drug-likeness (QED) is 0.668. The van der Waals surface area contributed by atoms with Gasteiger partial charge in [-0.2, -0.15) is 0 Å². The molecule has 6 nitrogen and oxygen atoms in total. The Balaban J connectivity index is 2.20. The van der Waals surface area contributed by atoms with Gasteiger partial charge < -0.3 is 11.1 Å². The van der Waals surface area contributed by atoms with Crippen molar-refractivity contribution >= 4 is 15.7 Å². The Bertz CT molecular complexity index is 423. The summed E-state index contributed by atoms with van der Waals surface area (Å²) in [5.41, 5.74) is 5.41. The Hall–Kier alpha value is -0.660. The number of carbonyl (C=O) groups excluding carboxylic acids is 1. The average molecular weight is 275 g/mol. The van der Waals surface area contributed by atoms with Crippen molar-refractivity contribution in [3.63, 3.8) is 0 Å². The summed E-state index contributed by atoms with van der Waals surface area (Å²) in [5.74, 6) is -0.374. The molecule has 0 aromatic heterocycles. The van der Waals surface area contributed by atoms with Gasteiger partial charge in [0, 0.05) is 31.9 Å². The molecule has 3 N–H and O–H groups in total. The van der Waals surface area contributed by atoms with E-state index in [4.69, 9.17) is 5.73 Å². The lowest BCUT2D eigenvalue weighted by Crippen LogP contribution is -2.61. The number of amides is 1. The highest BCUT2D eigenvalue weighted by Gasteiger charge is 2.42. The molecular formula is C11H21N3O3S. The van der Waals surface area contributed by atoms with Crippen LogP contribution >= 0.6 is 0 Å². The molecule has 0 radical (unpaired) electrons. The number of nitrogens with zero attached hydrogens (tertiary/aromatic N) is 1. The highest BCUT2D eigenvalue weighted by molar-refractivity contribution is 7.91. The number of primary amides is 1. The molecule has 0 spiro atoms. The number of nitrogens with two attached hydrogens (primary N) is 1. The van der Waals surface area contributed by atoms with Crippen LogP contribution in [0.1, 0.15) is 19.3 Å². The number of hydrogen-bond acceptors (Lipinski definition) is 5. The molecule has 2 aliphatic rings. The van der Waals surface area contributed by atoms with Gasteiger partial charge in [-0.05, 0) is 12.8 Å². The van der Waals surface area contributed by atoms with Crippen molar-refractivity contribution in [1.82, 2.24) is 10.2 Å². The van der Waals surface area contributed by atoms with Crippen LogP contribution < -0.4 is 11.1 Å². The second-order valence-electron chi connectivity index (χ2n) is 5.23. The maximum atomic E-state index is 11.8. The third-order valence-corrected chi connectivity index (χ3v) is 5.66. The van der Waals surface area contributed by atoms with Crippen LogP contribution in [0.15, 0.2) is 0 Å². The van der Waals surface area contributed by atoms with E-state index in [0.717, 1.165) is 19.4 Å². The first kappa shape index (κ1) is 13.8. The van der Waals surface area contributed by atoms with E-state index < -0.39 is 9.84 Å². The van der Waals surface area contributed by atoms with Crippen molar-refractivity contribution in [3.05, 3.63) is 0 Å². The summed E-state index contributed by atoms with van der Waals surface area (Å²) < 4.78 is 23.6. The number of nitrogens with one attached hydrogen (secondary N) is 1. The summed E-state index contributed by atoms with van der Waals surface area (Å²) in [4.78, 5) is 13.5. The first-order valence-electron chi connectivity index (χ1n) is 6.36. The summed E-state index contributed by atoms with van der Waals surface area (Å²) >= 11 is 0. The molecule has 7 heteroatoms. The minimum Gasteiger partial charge on any atom is -0.368 e. The number of hydrogen-bond donors (Lipinski definition) is 2. The standard InChI is InChI=1S/C11H21N3O3S/c1-18(16,17)10-4-2-3-8(10)14-6-5-13-7-9(14)11(12)15/h8-10,13H,2-7H2,1H3,(H2,12,15). The predicted octanol–water partition coefficient (Wildman–Crippen LogP) is -1.29. The Kier molecular flexibility index (Phi) is 3.93. The third-order valence-electron chi connectivity index (χ3n) is 4.01. The van der Waals surface area contributed by atoms with Gasteiger partial charge in [0.15, 0.2) is 9.84 Å². The second kappa shape index (κ2) is 5.14. The van der Waals surface area contributed by atoms with Gasteiger partial charge >= 0.3 is 0 Å². The zero-order chi connectivity index (χ0) is 13.3. The molecular weight excluding hydrogens is 254 g/mol. The summed E-state index contributed by atoms with van der Waals surface area (Å²) in [6.45, 7) is 1.98. The van der Waals surface area contributed by atoms with Crippen molar-refractivity contribution in [1.29, 1.82) is 0 Å². The van der Waals surface area contributed by atoms with E-state index in [0.29, 0.717) is 19.5 Å². The van der Waals surface area contributed by atoms with Gasteiger partial charge in [0.05, 0.1) is 5.25 Å². The van der Waals surface area contributed by atoms with Crippen LogP contribution in [0.3, 0.4) is 0 Å². The van der Waals surface area contributed by atoms with Crippen LogP contribution in [0.5, 0.6) is 0 Å². The largest absolute Gasteiger partial charge is 0.368 e. The van der Waals surface area contributed by atoms with Crippen LogP contribution in [-0.2, 0) is 14.6 Å². The average Bonchev–Trinajstić information content (AvgIpc) is 2.77. The van der Waals surface area contributed by atoms with E-state index in [9.17, 15) is 13.2 Å². The molecule has 1 aliphatic carbocycles. The van der Waals surface area contributed by atoms with Gasteiger partial charge in [0.1, 0.15) is 6.04 Å². The highest BCUT2D eigenvalue weighted by Crippen LogP contribution is 2.30. The van der Waals surface area contributed by atoms with E-state index in [1.165, 1.54) is 6.26 Å². The van der Waals surface area contributed by atoms with Gasteiger partial charge in [-0.1, -0.05) is 6.42 Å². The van der Waals surface area contributed by atoms with Crippen molar-refractivity contribution in [3.8, 4) is 0 Å². The zero-order valence-corrected chi connectivity index (χ0v) is 11.4. The van der Waals surface area contributed by atoms with Crippen LogP contribution in [0.25, 0.3) is 0 Å². The van der Waals surface area contributed by atoms with E-state index in [1.807, 2.05) is 4.90 Å². The van der Waals surface area contributed by atoms with Gasteiger partial charge in [0.25, 0.3) is 0 Å². The second-order valence-corrected chi connectivity index (χ2v) is 7.49. The van der Waals surface area contributed by atoms with Crippen molar-refractivity contribution in [2.75, 3.05) is 25.9 Å². The molecule has 0 aromatic rings. The Morgan fingerprint density at radius 1 is 1.39 bits per heavy atom. The smallest absolute Gasteiger partial charge is 0.236 e. The maximum Gasteiger partial charge on any atom is 0.236 e. The van der Waals surface area contributed by atoms with Crippen LogP contribution in [-0.4, -0.2) is 62.4 Å². The molecule has 0 bridgehead atoms. The van der Waals surface area contributed by atoms with Gasteiger partial charge in [0.2, 0.25) is 5.91 Å². The molecule has 1 saturated heterocycles. The van der Waals surface area contributed by atoms with Gasteiger partial charge in [-0.15, -0.1) is 0 Å². The number of sulfone groups is 1. The Labute approximate surface area is 108 Å². The molecule has 18 heavy (non-hydrogen) atoms. The van der Waals surface area contributed by atoms with Crippen molar-refractivity contribution in [2.24, 2.45) is 5.73 Å². The van der Waals surface area contributed by atoms with Crippen molar-refractivity contribution < 1.29 is 13.2 Å². The topological polar surface area (TPSA) is 92.5 Å². The predicted molar refractivity (Wildman–Crippen MR) is 68.8 cm³/mol. The fraction of sp³-hybridized carbons (Fsp3) is 0.909. The van der Waals surface area contributed by atoms with Crippen LogP contribution in [0.2, 0.25) is 0 Å². The summed E-state index contributed by atoms with van der Waals surface area (Å²) in [6, 6.07) is -0.439.